The minimum Gasteiger partial charge on any atom is -0.341 e. The van der Waals surface area contributed by atoms with Crippen molar-refractivity contribution < 1.29 is 9.59 Å². The minimum atomic E-state index is -0.203. The summed E-state index contributed by atoms with van der Waals surface area (Å²) in [5.74, 6) is -0.0589. The van der Waals surface area contributed by atoms with E-state index >= 15 is 0 Å². The third kappa shape index (κ3) is 3.69. The first-order chi connectivity index (χ1) is 8.92. The van der Waals surface area contributed by atoms with Crippen LogP contribution in [0.1, 0.15) is 40.0 Å². The van der Waals surface area contributed by atoms with Crippen molar-refractivity contribution >= 4 is 11.8 Å². The quantitative estimate of drug-likeness (QED) is 0.776. The Balaban J connectivity index is 2.63. The molecule has 1 rings (SSSR count). The van der Waals surface area contributed by atoms with Crippen LogP contribution in [0.25, 0.3) is 0 Å². The number of hydrogen-bond donors (Lipinski definition) is 1. The molecule has 1 aliphatic heterocycles. The van der Waals surface area contributed by atoms with Crippen LogP contribution in [0.15, 0.2) is 0 Å². The highest BCUT2D eigenvalue weighted by molar-refractivity contribution is 5.89. The molecule has 2 amide bonds. The molecule has 0 aromatic rings. The predicted molar refractivity (Wildman–Crippen MR) is 75.5 cm³/mol. The van der Waals surface area contributed by atoms with Crippen molar-refractivity contribution in [2.45, 2.75) is 52.1 Å². The SMILES string of the molecule is CCCC(C)N1CC(C(=O)N(C)C(C)CN)CC1=O. The first kappa shape index (κ1) is 16.0. The van der Waals surface area contributed by atoms with Crippen LogP contribution in [-0.2, 0) is 9.59 Å². The number of likely N-dealkylation sites (tertiary alicyclic amines) is 1. The van der Waals surface area contributed by atoms with Gasteiger partial charge in [-0.25, -0.2) is 0 Å². The summed E-state index contributed by atoms with van der Waals surface area (Å²) in [5.41, 5.74) is 5.58. The van der Waals surface area contributed by atoms with Gasteiger partial charge >= 0.3 is 0 Å². The number of hydrogen-bond acceptors (Lipinski definition) is 3. The molecule has 0 saturated carbocycles. The lowest BCUT2D eigenvalue weighted by molar-refractivity contribution is -0.136. The Morgan fingerprint density at radius 2 is 2.16 bits per heavy atom. The summed E-state index contributed by atoms with van der Waals surface area (Å²) in [7, 11) is 1.77. The van der Waals surface area contributed by atoms with Crippen LogP contribution >= 0.6 is 0 Å². The molecule has 110 valence electrons. The molecule has 0 radical (unpaired) electrons. The number of amides is 2. The Hall–Kier alpha value is -1.10. The molecule has 0 aliphatic carbocycles. The van der Waals surface area contributed by atoms with Crippen LogP contribution in [-0.4, -0.2) is 53.8 Å². The summed E-state index contributed by atoms with van der Waals surface area (Å²) in [6.45, 7) is 7.09. The molecular formula is C14H27N3O2. The van der Waals surface area contributed by atoms with E-state index in [1.165, 1.54) is 0 Å². The largest absolute Gasteiger partial charge is 0.341 e. The standard InChI is InChI=1S/C14H27N3O2/c1-5-6-10(2)17-9-12(7-13(17)18)14(19)16(4)11(3)8-15/h10-12H,5-9,15H2,1-4H3. The van der Waals surface area contributed by atoms with E-state index in [2.05, 4.69) is 13.8 Å². The number of nitrogens with zero attached hydrogens (tertiary/aromatic N) is 2. The van der Waals surface area contributed by atoms with E-state index in [1.807, 2.05) is 11.8 Å². The maximum Gasteiger partial charge on any atom is 0.228 e. The molecule has 1 fully saturated rings. The summed E-state index contributed by atoms with van der Waals surface area (Å²) in [4.78, 5) is 27.8. The zero-order valence-electron chi connectivity index (χ0n) is 12.6. The topological polar surface area (TPSA) is 66.6 Å². The van der Waals surface area contributed by atoms with E-state index in [1.54, 1.807) is 11.9 Å². The molecule has 1 saturated heterocycles. The highest BCUT2D eigenvalue weighted by Gasteiger charge is 2.38. The van der Waals surface area contributed by atoms with Gasteiger partial charge in [0.05, 0.1) is 5.92 Å². The molecule has 5 nitrogen and oxygen atoms in total. The van der Waals surface area contributed by atoms with E-state index in [0.29, 0.717) is 19.5 Å². The minimum absolute atomic E-state index is 0.0183. The second-order valence-electron chi connectivity index (χ2n) is 5.62. The van der Waals surface area contributed by atoms with E-state index in [0.717, 1.165) is 12.8 Å². The molecule has 0 spiro atoms. The van der Waals surface area contributed by atoms with Gasteiger partial charge in [-0.2, -0.15) is 0 Å². The molecule has 5 heteroatoms. The van der Waals surface area contributed by atoms with Crippen LogP contribution in [0.2, 0.25) is 0 Å². The molecule has 3 atom stereocenters. The molecule has 2 N–H and O–H groups in total. The van der Waals surface area contributed by atoms with Gasteiger partial charge in [-0.15, -0.1) is 0 Å². The zero-order valence-corrected chi connectivity index (χ0v) is 12.6. The molecule has 0 aromatic carbocycles. The van der Waals surface area contributed by atoms with E-state index in [-0.39, 0.29) is 29.8 Å². The van der Waals surface area contributed by atoms with Crippen molar-refractivity contribution in [2.24, 2.45) is 11.7 Å². The van der Waals surface area contributed by atoms with E-state index in [9.17, 15) is 9.59 Å². The Bertz CT molecular complexity index is 333. The molecule has 0 aromatic heterocycles. The van der Waals surface area contributed by atoms with Gasteiger partial charge in [0, 0.05) is 38.6 Å². The number of carbonyl (C=O) groups is 2. The van der Waals surface area contributed by atoms with Crippen LogP contribution in [0.5, 0.6) is 0 Å². The Morgan fingerprint density at radius 3 is 2.68 bits per heavy atom. The molecule has 3 unspecified atom stereocenters. The van der Waals surface area contributed by atoms with Crippen LogP contribution in [0.4, 0.5) is 0 Å². The number of nitrogens with two attached hydrogens (primary N) is 1. The maximum absolute atomic E-state index is 12.3. The summed E-state index contributed by atoms with van der Waals surface area (Å²) in [6, 6.07) is 0.247. The molecule has 0 bridgehead atoms. The number of likely N-dealkylation sites (N-methyl/N-ethyl adjacent to an activating group) is 1. The number of carbonyl (C=O) groups excluding carboxylic acids is 2. The summed E-state index contributed by atoms with van der Waals surface area (Å²) < 4.78 is 0. The van der Waals surface area contributed by atoms with Crippen molar-refractivity contribution in [3.8, 4) is 0 Å². The van der Waals surface area contributed by atoms with Crippen molar-refractivity contribution in [1.82, 2.24) is 9.80 Å². The summed E-state index contributed by atoms with van der Waals surface area (Å²) >= 11 is 0. The lowest BCUT2D eigenvalue weighted by Crippen LogP contribution is -2.43. The molecule has 1 heterocycles. The highest BCUT2D eigenvalue weighted by Crippen LogP contribution is 2.23. The van der Waals surface area contributed by atoms with Gasteiger partial charge in [-0.3, -0.25) is 9.59 Å². The zero-order chi connectivity index (χ0) is 14.6. The second-order valence-corrected chi connectivity index (χ2v) is 5.62. The molecule has 1 aliphatic rings. The first-order valence-corrected chi connectivity index (χ1v) is 7.18. The summed E-state index contributed by atoms with van der Waals surface area (Å²) in [6.07, 6.45) is 2.38. The fraction of sp³-hybridized carbons (Fsp3) is 0.857. The van der Waals surface area contributed by atoms with E-state index < -0.39 is 0 Å². The van der Waals surface area contributed by atoms with Gasteiger partial charge in [-0.1, -0.05) is 13.3 Å². The third-order valence-electron chi connectivity index (χ3n) is 4.10. The lowest BCUT2D eigenvalue weighted by atomic mass is 10.1. The number of rotatable bonds is 6. The van der Waals surface area contributed by atoms with Crippen molar-refractivity contribution in [3.63, 3.8) is 0 Å². The van der Waals surface area contributed by atoms with Gasteiger partial charge in [-0.05, 0) is 20.3 Å². The van der Waals surface area contributed by atoms with Crippen molar-refractivity contribution in [1.29, 1.82) is 0 Å². The smallest absolute Gasteiger partial charge is 0.228 e. The van der Waals surface area contributed by atoms with Crippen LogP contribution in [0, 0.1) is 5.92 Å². The average Bonchev–Trinajstić information content (AvgIpc) is 2.78. The Kier molecular flexibility index (Phi) is 5.79. The van der Waals surface area contributed by atoms with E-state index in [4.69, 9.17) is 5.73 Å². The fourth-order valence-electron chi connectivity index (χ4n) is 2.56. The van der Waals surface area contributed by atoms with Crippen LogP contribution < -0.4 is 5.73 Å². The molecular weight excluding hydrogens is 242 g/mol. The van der Waals surface area contributed by atoms with Gasteiger partial charge < -0.3 is 15.5 Å². The van der Waals surface area contributed by atoms with Gasteiger partial charge in [0.1, 0.15) is 0 Å². The monoisotopic (exact) mass is 269 g/mol. The summed E-state index contributed by atoms with van der Waals surface area (Å²) in [5, 5.41) is 0. The predicted octanol–water partition coefficient (Wildman–Crippen LogP) is 0.829. The molecule has 19 heavy (non-hydrogen) atoms. The van der Waals surface area contributed by atoms with Crippen LogP contribution in [0.3, 0.4) is 0 Å². The van der Waals surface area contributed by atoms with Gasteiger partial charge in [0.2, 0.25) is 11.8 Å². The average molecular weight is 269 g/mol. The third-order valence-corrected chi connectivity index (χ3v) is 4.10. The maximum atomic E-state index is 12.3. The highest BCUT2D eigenvalue weighted by atomic mass is 16.2. The second kappa shape index (κ2) is 6.89. The first-order valence-electron chi connectivity index (χ1n) is 7.18. The van der Waals surface area contributed by atoms with Gasteiger partial charge in [0.15, 0.2) is 0 Å². The lowest BCUT2D eigenvalue weighted by Gasteiger charge is -2.27. The normalized spacial score (nSPS) is 22.5. The Morgan fingerprint density at radius 1 is 1.53 bits per heavy atom. The fourth-order valence-corrected chi connectivity index (χ4v) is 2.56. The van der Waals surface area contributed by atoms with Gasteiger partial charge in [0.25, 0.3) is 0 Å². The van der Waals surface area contributed by atoms with Crippen molar-refractivity contribution in [3.05, 3.63) is 0 Å². The van der Waals surface area contributed by atoms with Crippen molar-refractivity contribution in [2.75, 3.05) is 20.1 Å². The Labute approximate surface area is 116 Å².